The number of rotatable bonds is 10. The molecule has 7 unspecified atom stereocenters. The molecule has 2 aliphatic carbocycles. The lowest BCUT2D eigenvalue weighted by Gasteiger charge is -2.58. The van der Waals surface area contributed by atoms with Gasteiger partial charge in [-0.3, -0.25) is 4.79 Å². The van der Waals surface area contributed by atoms with Crippen LogP contribution in [-0.4, -0.2) is 45.9 Å². The molecule has 2 N–H and O–H groups in total. The van der Waals surface area contributed by atoms with Gasteiger partial charge in [-0.05, 0) is 95.3 Å². The average molecular weight is 521 g/mol. The van der Waals surface area contributed by atoms with E-state index in [1.165, 1.54) is 19.4 Å². The highest BCUT2D eigenvalue weighted by atomic mass is 16.6. The number of esters is 2. The van der Waals surface area contributed by atoms with Crippen LogP contribution in [0.15, 0.2) is 23.3 Å². The summed E-state index contributed by atoms with van der Waals surface area (Å²) in [5, 5.41) is 20.2. The van der Waals surface area contributed by atoms with Crippen LogP contribution >= 0.6 is 0 Å². The van der Waals surface area contributed by atoms with E-state index < -0.39 is 29.6 Å². The summed E-state index contributed by atoms with van der Waals surface area (Å²) in [5.41, 5.74) is -0.516. The highest BCUT2D eigenvalue weighted by Crippen LogP contribution is 2.61. The molecule has 2 aliphatic rings. The number of carbonyl (C=O) groups is 3. The Labute approximate surface area is 222 Å². The van der Waals surface area contributed by atoms with Crippen LogP contribution in [0.1, 0.15) is 101 Å². The van der Waals surface area contributed by atoms with Crippen LogP contribution in [0.5, 0.6) is 0 Å². The van der Waals surface area contributed by atoms with Crippen molar-refractivity contribution in [2.75, 3.05) is 0 Å². The van der Waals surface area contributed by atoms with Crippen LogP contribution in [0.3, 0.4) is 0 Å². The van der Waals surface area contributed by atoms with E-state index in [0.29, 0.717) is 24.3 Å². The molecule has 0 aromatic carbocycles. The fourth-order valence-corrected chi connectivity index (χ4v) is 6.68. The largest absolute Gasteiger partial charge is 0.481 e. The summed E-state index contributed by atoms with van der Waals surface area (Å²) in [6.45, 7) is 17.0. The molecule has 1 saturated carbocycles. The maximum Gasteiger partial charge on any atom is 0.342 e. The molecule has 210 valence electrons. The van der Waals surface area contributed by atoms with Gasteiger partial charge in [0.25, 0.3) is 0 Å². The number of carboxylic acid groups (broad SMARTS) is 1. The first-order chi connectivity index (χ1) is 17.0. The second-order valence-electron chi connectivity index (χ2n) is 12.7. The standard InChI is InChI=1S/C30H48O7/c1-10-19(3)26(33)36-21(5)30(9,35)27(34)37-22-16-28(6,7)24-14-12-20(4)23(29(24,8)17-22)13-11-18(2)15-25(31)32/h10,12,18,21-24,35H,11,13-17H2,1-9H3,(H,31,32). The number of ether oxygens (including phenoxy) is 2. The van der Waals surface area contributed by atoms with E-state index in [2.05, 4.69) is 33.8 Å². The van der Waals surface area contributed by atoms with Crippen molar-refractivity contribution in [1.29, 1.82) is 0 Å². The summed E-state index contributed by atoms with van der Waals surface area (Å²) >= 11 is 0. The number of allylic oxidation sites excluding steroid dienone is 3. The van der Waals surface area contributed by atoms with Gasteiger partial charge < -0.3 is 19.7 Å². The van der Waals surface area contributed by atoms with E-state index in [-0.39, 0.29) is 35.2 Å². The van der Waals surface area contributed by atoms with Gasteiger partial charge in [0.05, 0.1) is 0 Å². The number of hydrogen-bond donors (Lipinski definition) is 2. The van der Waals surface area contributed by atoms with Crippen molar-refractivity contribution >= 4 is 17.9 Å². The molecule has 7 heteroatoms. The van der Waals surface area contributed by atoms with E-state index in [1.807, 2.05) is 6.92 Å². The smallest absolute Gasteiger partial charge is 0.342 e. The molecular formula is C30H48O7. The zero-order valence-electron chi connectivity index (χ0n) is 24.2. The number of fused-ring (bicyclic) bond motifs is 1. The Morgan fingerprint density at radius 2 is 1.84 bits per heavy atom. The monoisotopic (exact) mass is 520 g/mol. The zero-order chi connectivity index (χ0) is 28.3. The van der Waals surface area contributed by atoms with Gasteiger partial charge in [-0.15, -0.1) is 0 Å². The number of aliphatic carboxylic acids is 1. The fourth-order valence-electron chi connectivity index (χ4n) is 6.68. The van der Waals surface area contributed by atoms with Gasteiger partial charge in [0, 0.05) is 12.0 Å². The second kappa shape index (κ2) is 11.7. The lowest BCUT2D eigenvalue weighted by atomic mass is 9.47. The molecule has 2 rings (SSSR count). The molecule has 0 aliphatic heterocycles. The molecule has 0 radical (unpaired) electrons. The number of carboxylic acids is 1. The Bertz CT molecular complexity index is 928. The van der Waals surface area contributed by atoms with E-state index in [4.69, 9.17) is 9.47 Å². The van der Waals surface area contributed by atoms with Crippen molar-refractivity contribution in [2.45, 2.75) is 119 Å². The minimum Gasteiger partial charge on any atom is -0.481 e. The summed E-state index contributed by atoms with van der Waals surface area (Å²) < 4.78 is 11.3. The molecule has 0 saturated heterocycles. The third-order valence-electron chi connectivity index (χ3n) is 9.17. The van der Waals surface area contributed by atoms with Gasteiger partial charge in [0.15, 0.2) is 5.60 Å². The average Bonchev–Trinajstić information content (AvgIpc) is 2.76. The van der Waals surface area contributed by atoms with Gasteiger partial charge in [-0.25, -0.2) is 9.59 Å². The predicted octanol–water partition coefficient (Wildman–Crippen LogP) is 5.85. The molecule has 1 fully saturated rings. The summed E-state index contributed by atoms with van der Waals surface area (Å²) in [5.74, 6) is -1.41. The van der Waals surface area contributed by atoms with Crippen molar-refractivity contribution in [2.24, 2.45) is 28.6 Å². The van der Waals surface area contributed by atoms with E-state index in [1.54, 1.807) is 19.9 Å². The first-order valence-electron chi connectivity index (χ1n) is 13.6. The maximum atomic E-state index is 13.2. The molecular weight excluding hydrogens is 472 g/mol. The number of hydrogen-bond acceptors (Lipinski definition) is 6. The van der Waals surface area contributed by atoms with Crippen molar-refractivity contribution in [3.8, 4) is 0 Å². The summed E-state index contributed by atoms with van der Waals surface area (Å²) in [4.78, 5) is 36.5. The second-order valence-corrected chi connectivity index (χ2v) is 12.7. The summed E-state index contributed by atoms with van der Waals surface area (Å²) in [6.07, 6.45) is 6.65. The van der Waals surface area contributed by atoms with Crippen LogP contribution in [0.25, 0.3) is 0 Å². The third-order valence-corrected chi connectivity index (χ3v) is 9.17. The van der Waals surface area contributed by atoms with Gasteiger partial charge in [-0.1, -0.05) is 45.4 Å². The van der Waals surface area contributed by atoms with E-state index >= 15 is 0 Å². The van der Waals surface area contributed by atoms with Crippen LogP contribution < -0.4 is 0 Å². The summed E-state index contributed by atoms with van der Waals surface area (Å²) in [6, 6.07) is 0. The normalized spacial score (nSPS) is 30.7. The maximum absolute atomic E-state index is 13.2. The molecule has 7 atom stereocenters. The molecule has 37 heavy (non-hydrogen) atoms. The molecule has 0 bridgehead atoms. The topological polar surface area (TPSA) is 110 Å². The van der Waals surface area contributed by atoms with Gasteiger partial charge >= 0.3 is 17.9 Å². The fraction of sp³-hybridized carbons (Fsp3) is 0.767. The van der Waals surface area contributed by atoms with E-state index in [0.717, 1.165) is 19.3 Å². The van der Waals surface area contributed by atoms with Crippen molar-refractivity contribution < 1.29 is 34.1 Å². The number of carbonyl (C=O) groups excluding carboxylic acids is 2. The Balaban J connectivity index is 2.22. The summed E-state index contributed by atoms with van der Waals surface area (Å²) in [7, 11) is 0. The van der Waals surface area contributed by atoms with Crippen molar-refractivity contribution in [3.63, 3.8) is 0 Å². The third kappa shape index (κ3) is 7.04. The molecule has 7 nitrogen and oxygen atoms in total. The molecule has 0 aromatic heterocycles. The molecule has 0 heterocycles. The zero-order valence-corrected chi connectivity index (χ0v) is 24.2. The van der Waals surface area contributed by atoms with Crippen molar-refractivity contribution in [3.05, 3.63) is 23.3 Å². The van der Waals surface area contributed by atoms with Gasteiger partial charge in [-0.2, -0.15) is 0 Å². The Morgan fingerprint density at radius 1 is 1.22 bits per heavy atom. The van der Waals surface area contributed by atoms with Crippen LogP contribution in [0, 0.1) is 28.6 Å². The first-order valence-corrected chi connectivity index (χ1v) is 13.6. The van der Waals surface area contributed by atoms with Crippen LogP contribution in [-0.2, 0) is 23.9 Å². The first kappa shape index (κ1) is 31.1. The SMILES string of the molecule is CC=C(C)C(=O)OC(C)C(C)(O)C(=O)OC1CC(C)(C)C2CC=C(C)C(CCC(C)CC(=O)O)C2(C)C1. The van der Waals surface area contributed by atoms with Crippen molar-refractivity contribution in [1.82, 2.24) is 0 Å². The van der Waals surface area contributed by atoms with Crippen LogP contribution in [0.2, 0.25) is 0 Å². The molecule has 0 amide bonds. The number of aliphatic hydroxyl groups is 1. The predicted molar refractivity (Wildman–Crippen MR) is 143 cm³/mol. The molecule has 0 spiro atoms. The Hall–Kier alpha value is -2.15. The lowest BCUT2D eigenvalue weighted by molar-refractivity contribution is -0.195. The highest BCUT2D eigenvalue weighted by Gasteiger charge is 2.55. The lowest BCUT2D eigenvalue weighted by Crippen LogP contribution is -2.55. The quantitative estimate of drug-likeness (QED) is 0.211. The van der Waals surface area contributed by atoms with Crippen LogP contribution in [0.4, 0.5) is 0 Å². The van der Waals surface area contributed by atoms with E-state index in [9.17, 15) is 24.6 Å². The minimum absolute atomic E-state index is 0.0880. The Kier molecular flexibility index (Phi) is 9.83. The Morgan fingerprint density at radius 3 is 2.41 bits per heavy atom. The molecule has 0 aromatic rings. The highest BCUT2D eigenvalue weighted by molar-refractivity contribution is 5.88. The van der Waals surface area contributed by atoms with Gasteiger partial charge in [0.1, 0.15) is 12.2 Å². The van der Waals surface area contributed by atoms with Gasteiger partial charge in [0.2, 0.25) is 0 Å². The minimum atomic E-state index is -1.99.